The van der Waals surface area contributed by atoms with Gasteiger partial charge in [0.2, 0.25) is 5.78 Å². The summed E-state index contributed by atoms with van der Waals surface area (Å²) in [6.07, 6.45) is 1.77. The Morgan fingerprint density at radius 1 is 1.05 bits per heavy atom. The number of Topliss-reactive ketones (excluding diaryl/α,β-unsaturated/α-hetero) is 4. The lowest BCUT2D eigenvalue weighted by Gasteiger charge is -2.59. The molecule has 0 spiro atoms. The third-order valence-corrected chi connectivity index (χ3v) is 9.87. The summed E-state index contributed by atoms with van der Waals surface area (Å²) in [6.45, 7) is 13.9. The summed E-state index contributed by atoms with van der Waals surface area (Å²) in [7, 11) is 0. The molecule has 0 aromatic heterocycles. The Labute approximate surface area is 247 Å². The molecule has 4 rings (SSSR count). The first-order valence-corrected chi connectivity index (χ1v) is 15.0. The van der Waals surface area contributed by atoms with Crippen molar-refractivity contribution < 1.29 is 39.6 Å². The van der Waals surface area contributed by atoms with Crippen molar-refractivity contribution in [3.63, 3.8) is 0 Å². The Morgan fingerprint density at radius 3 is 2.19 bits per heavy atom. The van der Waals surface area contributed by atoms with E-state index in [1.165, 1.54) is 0 Å². The van der Waals surface area contributed by atoms with E-state index in [4.69, 9.17) is 0 Å². The van der Waals surface area contributed by atoms with Crippen LogP contribution in [0.2, 0.25) is 0 Å². The fourth-order valence-electron chi connectivity index (χ4n) is 8.26. The van der Waals surface area contributed by atoms with E-state index in [1.807, 2.05) is 26.8 Å². The first kappa shape index (κ1) is 31.7. The minimum atomic E-state index is -2.64. The minimum Gasteiger partial charge on any atom is -0.508 e. The Kier molecular flexibility index (Phi) is 7.90. The summed E-state index contributed by atoms with van der Waals surface area (Å²) in [5.74, 6) is -5.08. The standard InChI is InChI=1S/C34H44O8/c1-9-19-13-20(10-11-21(36)12-16(2)3)27(37)24-22(19)14-32(7)15-33(8)25(17(4)5)28(38)23(18(6)35)30(40)34(33,42)31(41)26(32)29(24)39/h13,16-17,25,37,39-40,42H,9-12,14-15H2,1-8H3/t25?,32-,33-,34+/m1/s1. The van der Waals surface area contributed by atoms with Crippen LogP contribution >= 0.6 is 0 Å². The van der Waals surface area contributed by atoms with Crippen LogP contribution in [0.4, 0.5) is 0 Å². The topological polar surface area (TPSA) is 149 Å². The van der Waals surface area contributed by atoms with Gasteiger partial charge in [-0.15, -0.1) is 0 Å². The summed E-state index contributed by atoms with van der Waals surface area (Å²) in [4.78, 5) is 53.0. The van der Waals surface area contributed by atoms with Crippen molar-refractivity contribution in [3.05, 3.63) is 45.2 Å². The predicted molar refractivity (Wildman–Crippen MR) is 158 cm³/mol. The molecule has 1 fully saturated rings. The highest BCUT2D eigenvalue weighted by atomic mass is 16.3. The normalized spacial score (nSPS) is 29.2. The van der Waals surface area contributed by atoms with E-state index in [1.54, 1.807) is 27.7 Å². The van der Waals surface area contributed by atoms with Crippen molar-refractivity contribution in [2.45, 2.75) is 99.5 Å². The Hall–Kier alpha value is -3.26. The number of aliphatic hydroxyl groups is 3. The number of phenolic OH excluding ortho intramolecular Hbond substituents is 1. The zero-order chi connectivity index (χ0) is 31.7. The van der Waals surface area contributed by atoms with Crippen molar-refractivity contribution in [1.29, 1.82) is 0 Å². The number of phenols is 1. The van der Waals surface area contributed by atoms with Crippen LogP contribution in [0.5, 0.6) is 5.75 Å². The van der Waals surface area contributed by atoms with Crippen molar-refractivity contribution in [3.8, 4) is 5.75 Å². The maximum atomic E-state index is 14.5. The largest absolute Gasteiger partial charge is 0.508 e. The van der Waals surface area contributed by atoms with Crippen molar-refractivity contribution in [2.24, 2.45) is 28.6 Å². The molecule has 0 aliphatic heterocycles. The molecule has 0 amide bonds. The van der Waals surface area contributed by atoms with E-state index in [0.29, 0.717) is 24.0 Å². The molecule has 1 aromatic rings. The number of carbonyl (C=O) groups is 4. The highest BCUT2D eigenvalue weighted by Crippen LogP contribution is 2.65. The molecule has 0 bridgehead atoms. The Balaban J connectivity index is 1.96. The molecule has 1 saturated carbocycles. The van der Waals surface area contributed by atoms with Crippen LogP contribution in [0.15, 0.2) is 23.0 Å². The number of benzene rings is 1. The van der Waals surface area contributed by atoms with E-state index in [0.717, 1.165) is 12.5 Å². The lowest BCUT2D eigenvalue weighted by Crippen LogP contribution is -2.69. The van der Waals surface area contributed by atoms with Gasteiger partial charge in [-0.05, 0) is 61.1 Å². The number of fused-ring (bicyclic) bond motifs is 3. The van der Waals surface area contributed by atoms with Gasteiger partial charge in [-0.3, -0.25) is 19.2 Å². The third-order valence-electron chi connectivity index (χ3n) is 9.87. The minimum absolute atomic E-state index is 0.0558. The average molecular weight is 581 g/mol. The van der Waals surface area contributed by atoms with Gasteiger partial charge < -0.3 is 20.4 Å². The molecule has 4 N–H and O–H groups in total. The highest BCUT2D eigenvalue weighted by Gasteiger charge is 2.72. The number of aryl methyl sites for hydroxylation is 2. The second kappa shape index (κ2) is 10.5. The lowest BCUT2D eigenvalue weighted by atomic mass is 9.43. The molecule has 8 nitrogen and oxygen atoms in total. The number of hydrogen-bond acceptors (Lipinski definition) is 8. The summed E-state index contributed by atoms with van der Waals surface area (Å²) >= 11 is 0. The zero-order valence-corrected chi connectivity index (χ0v) is 26.0. The Bertz CT molecular complexity index is 1460. The van der Waals surface area contributed by atoms with Crippen LogP contribution in [-0.2, 0) is 38.4 Å². The van der Waals surface area contributed by atoms with E-state index in [-0.39, 0.29) is 60.2 Å². The number of allylic oxidation sites excluding steroid dienone is 1. The van der Waals surface area contributed by atoms with Gasteiger partial charge in [-0.25, -0.2) is 0 Å². The van der Waals surface area contributed by atoms with E-state index in [2.05, 4.69) is 0 Å². The molecule has 1 unspecified atom stereocenters. The van der Waals surface area contributed by atoms with Gasteiger partial charge >= 0.3 is 0 Å². The SMILES string of the molecule is CCc1cc(CCC(=O)CC(C)C)c(O)c2c1C[C@]1(C)C[C@]3(C)C(C(C)C)C(=O)C(C(C)=O)=C(O)[C@]3(O)C(=O)C1=C2O. The van der Waals surface area contributed by atoms with Gasteiger partial charge in [0.15, 0.2) is 17.2 Å². The molecule has 0 saturated heterocycles. The summed E-state index contributed by atoms with van der Waals surface area (Å²) in [6, 6.07) is 1.86. The van der Waals surface area contributed by atoms with Crippen molar-refractivity contribution in [1.82, 2.24) is 0 Å². The molecule has 0 heterocycles. The number of ketones is 4. The van der Waals surface area contributed by atoms with Crippen molar-refractivity contribution >= 4 is 28.9 Å². The van der Waals surface area contributed by atoms with Gasteiger partial charge in [0.05, 0.1) is 5.56 Å². The van der Waals surface area contributed by atoms with Crippen LogP contribution in [0.1, 0.15) is 96.9 Å². The summed E-state index contributed by atoms with van der Waals surface area (Å²) in [5, 5.41) is 46.7. The van der Waals surface area contributed by atoms with Gasteiger partial charge in [-0.1, -0.05) is 54.5 Å². The van der Waals surface area contributed by atoms with Gasteiger partial charge in [0.25, 0.3) is 0 Å². The van der Waals surface area contributed by atoms with E-state index >= 15 is 0 Å². The van der Waals surface area contributed by atoms with Gasteiger partial charge in [-0.2, -0.15) is 0 Å². The molecular formula is C34H44O8. The maximum absolute atomic E-state index is 14.5. The molecule has 8 heteroatoms. The first-order chi connectivity index (χ1) is 19.4. The van der Waals surface area contributed by atoms with E-state index in [9.17, 15) is 39.6 Å². The second-order valence-electron chi connectivity index (χ2n) is 13.8. The predicted octanol–water partition coefficient (Wildman–Crippen LogP) is 5.30. The Morgan fingerprint density at radius 2 is 1.67 bits per heavy atom. The molecular weight excluding hydrogens is 536 g/mol. The number of rotatable bonds is 8. The van der Waals surface area contributed by atoms with Gasteiger partial charge in [0.1, 0.15) is 28.6 Å². The summed E-state index contributed by atoms with van der Waals surface area (Å²) in [5.41, 5.74) is -3.81. The number of hydrogen-bond donors (Lipinski definition) is 4. The van der Waals surface area contributed by atoms with E-state index < -0.39 is 56.8 Å². The molecule has 42 heavy (non-hydrogen) atoms. The quantitative estimate of drug-likeness (QED) is 0.303. The highest BCUT2D eigenvalue weighted by molar-refractivity contribution is 6.24. The maximum Gasteiger partial charge on any atom is 0.203 e. The monoisotopic (exact) mass is 580 g/mol. The van der Waals surface area contributed by atoms with Gasteiger partial charge in [0, 0.05) is 35.2 Å². The number of aromatic hydroxyl groups is 1. The molecule has 4 atom stereocenters. The second-order valence-corrected chi connectivity index (χ2v) is 13.8. The third kappa shape index (κ3) is 4.36. The molecule has 0 radical (unpaired) electrons. The fourth-order valence-corrected chi connectivity index (χ4v) is 8.26. The van der Waals surface area contributed by atoms with Crippen molar-refractivity contribution in [2.75, 3.05) is 0 Å². The molecule has 228 valence electrons. The van der Waals surface area contributed by atoms with Crippen LogP contribution in [0.3, 0.4) is 0 Å². The smallest absolute Gasteiger partial charge is 0.203 e. The molecule has 3 aliphatic rings. The summed E-state index contributed by atoms with van der Waals surface area (Å²) < 4.78 is 0. The van der Waals surface area contributed by atoms with Crippen LogP contribution in [0.25, 0.3) is 5.76 Å². The zero-order valence-electron chi connectivity index (χ0n) is 26.0. The molecule has 1 aromatic carbocycles. The average Bonchev–Trinajstić information content (AvgIpc) is 2.84. The molecule has 3 aliphatic carbocycles. The van der Waals surface area contributed by atoms with Crippen LogP contribution < -0.4 is 0 Å². The van der Waals surface area contributed by atoms with Crippen LogP contribution in [0, 0.1) is 28.6 Å². The number of aliphatic hydroxyl groups excluding tert-OH is 2. The van der Waals surface area contributed by atoms with Crippen LogP contribution in [-0.4, -0.2) is 49.2 Å². The first-order valence-electron chi connectivity index (χ1n) is 15.0. The number of carbonyl (C=O) groups excluding carboxylic acids is 4. The lowest BCUT2D eigenvalue weighted by molar-refractivity contribution is -0.178. The fraction of sp³-hybridized carbons (Fsp3) is 0.588.